The third kappa shape index (κ3) is 2.43. The van der Waals surface area contributed by atoms with Gasteiger partial charge in [0.1, 0.15) is 12.1 Å². The molecule has 1 fully saturated rings. The topological polar surface area (TPSA) is 73.1 Å². The van der Waals surface area contributed by atoms with Gasteiger partial charge in [0.25, 0.3) is 0 Å². The number of aliphatic hydroxyl groups excluding tert-OH is 1. The summed E-state index contributed by atoms with van der Waals surface area (Å²) in [7, 11) is 0. The minimum Gasteiger partial charge on any atom is -0.387 e. The second-order valence-electron chi connectivity index (χ2n) is 3.46. The van der Waals surface area contributed by atoms with Gasteiger partial charge in [-0.05, 0) is 12.8 Å². The molecule has 0 heterocycles. The van der Waals surface area contributed by atoms with E-state index in [1.54, 1.807) is 0 Å². The van der Waals surface area contributed by atoms with Gasteiger partial charge in [0, 0.05) is 0 Å². The maximum Gasteiger partial charge on any atom is 0.246 e. The van der Waals surface area contributed by atoms with Gasteiger partial charge in [0.2, 0.25) is 5.91 Å². The van der Waals surface area contributed by atoms with E-state index in [0.29, 0.717) is 12.8 Å². The fourth-order valence-corrected chi connectivity index (χ4v) is 1.73. The van der Waals surface area contributed by atoms with Crippen LogP contribution in [0.2, 0.25) is 0 Å². The van der Waals surface area contributed by atoms with Crippen LogP contribution in [0.15, 0.2) is 0 Å². The van der Waals surface area contributed by atoms with Crippen LogP contribution in [-0.2, 0) is 4.79 Å². The first-order valence-corrected chi connectivity index (χ1v) is 4.55. The fourth-order valence-electron chi connectivity index (χ4n) is 1.73. The minimum atomic E-state index is -0.710. The molecule has 0 aromatic rings. The molecule has 1 aliphatic carbocycles. The van der Waals surface area contributed by atoms with Crippen LogP contribution in [0.25, 0.3) is 0 Å². The Morgan fingerprint density at radius 1 is 1.46 bits per heavy atom. The zero-order valence-electron chi connectivity index (χ0n) is 7.55. The summed E-state index contributed by atoms with van der Waals surface area (Å²) in [5.41, 5.74) is -0.710. The molecule has 2 N–H and O–H groups in total. The molecule has 0 unspecified atom stereocenters. The highest BCUT2D eigenvalue weighted by atomic mass is 16.3. The number of hydrogen-bond donors (Lipinski definition) is 2. The third-order valence-corrected chi connectivity index (χ3v) is 2.44. The molecule has 0 saturated heterocycles. The Labute approximate surface area is 77.6 Å². The Balaban J connectivity index is 2.59. The number of hydrogen-bond acceptors (Lipinski definition) is 3. The molecule has 0 aliphatic heterocycles. The Morgan fingerprint density at radius 3 is 2.54 bits per heavy atom. The van der Waals surface area contributed by atoms with Crippen molar-refractivity contribution in [3.63, 3.8) is 0 Å². The van der Waals surface area contributed by atoms with E-state index in [0.717, 1.165) is 19.3 Å². The molecular formula is C9H14N2O2. The van der Waals surface area contributed by atoms with Crippen molar-refractivity contribution in [1.29, 1.82) is 5.26 Å². The highest BCUT2D eigenvalue weighted by molar-refractivity contribution is 5.78. The van der Waals surface area contributed by atoms with Gasteiger partial charge in [-0.1, -0.05) is 19.3 Å². The second kappa shape index (κ2) is 4.24. The van der Waals surface area contributed by atoms with Crippen LogP contribution in [0.3, 0.4) is 0 Å². The van der Waals surface area contributed by atoms with E-state index in [9.17, 15) is 4.79 Å². The lowest BCUT2D eigenvalue weighted by atomic mass is 9.83. The summed E-state index contributed by atoms with van der Waals surface area (Å²) in [5, 5.41) is 20.1. The van der Waals surface area contributed by atoms with Gasteiger partial charge in [0.05, 0.1) is 6.07 Å². The monoisotopic (exact) mass is 182 g/mol. The lowest BCUT2D eigenvalue weighted by Gasteiger charge is -2.31. The number of rotatable bonds is 2. The molecule has 72 valence electrons. The van der Waals surface area contributed by atoms with Gasteiger partial charge in [0.15, 0.2) is 0 Å². The van der Waals surface area contributed by atoms with E-state index in [2.05, 4.69) is 11.4 Å². The summed E-state index contributed by atoms with van der Waals surface area (Å²) in [6, 6.07) is 2.14. The van der Waals surface area contributed by atoms with Crippen LogP contribution in [0.5, 0.6) is 0 Å². The Bertz CT molecular complexity index is 226. The SMILES string of the molecule is N#CC1(NC(=O)CO)CCCCC1. The highest BCUT2D eigenvalue weighted by Crippen LogP contribution is 2.27. The summed E-state index contributed by atoms with van der Waals surface area (Å²) in [4.78, 5) is 10.9. The molecule has 1 aliphatic rings. The number of amides is 1. The van der Waals surface area contributed by atoms with E-state index in [-0.39, 0.29) is 0 Å². The summed E-state index contributed by atoms with van der Waals surface area (Å²) >= 11 is 0. The van der Waals surface area contributed by atoms with E-state index in [1.807, 2.05) is 0 Å². The predicted octanol–water partition coefficient (Wildman–Crippen LogP) is 0.321. The van der Waals surface area contributed by atoms with Crippen LogP contribution in [0.4, 0.5) is 0 Å². The molecule has 0 aromatic heterocycles. The van der Waals surface area contributed by atoms with Crippen molar-refractivity contribution in [3.8, 4) is 6.07 Å². The molecular weight excluding hydrogens is 168 g/mol. The fraction of sp³-hybridized carbons (Fsp3) is 0.778. The van der Waals surface area contributed by atoms with E-state index in [4.69, 9.17) is 10.4 Å². The second-order valence-corrected chi connectivity index (χ2v) is 3.46. The average Bonchev–Trinajstić information content (AvgIpc) is 2.19. The summed E-state index contributed by atoms with van der Waals surface area (Å²) in [6.45, 7) is -0.538. The van der Waals surface area contributed by atoms with Crippen LogP contribution in [-0.4, -0.2) is 23.2 Å². The van der Waals surface area contributed by atoms with Crippen molar-refractivity contribution in [2.75, 3.05) is 6.61 Å². The van der Waals surface area contributed by atoms with Crippen LogP contribution in [0, 0.1) is 11.3 Å². The molecule has 1 rings (SSSR count). The van der Waals surface area contributed by atoms with Crippen molar-refractivity contribution in [3.05, 3.63) is 0 Å². The lowest BCUT2D eigenvalue weighted by molar-refractivity contribution is -0.125. The first-order valence-electron chi connectivity index (χ1n) is 4.55. The van der Waals surface area contributed by atoms with Gasteiger partial charge >= 0.3 is 0 Å². The average molecular weight is 182 g/mol. The molecule has 0 atom stereocenters. The molecule has 0 aromatic carbocycles. The van der Waals surface area contributed by atoms with Crippen molar-refractivity contribution >= 4 is 5.91 Å². The maximum atomic E-state index is 10.9. The van der Waals surface area contributed by atoms with Crippen LogP contribution < -0.4 is 5.32 Å². The number of carbonyl (C=O) groups excluding carboxylic acids is 1. The van der Waals surface area contributed by atoms with Gasteiger partial charge in [-0.25, -0.2) is 0 Å². The highest BCUT2D eigenvalue weighted by Gasteiger charge is 2.33. The minimum absolute atomic E-state index is 0.455. The zero-order valence-corrected chi connectivity index (χ0v) is 7.55. The molecule has 0 spiro atoms. The molecule has 0 bridgehead atoms. The number of aliphatic hydroxyl groups is 1. The van der Waals surface area contributed by atoms with Crippen molar-refractivity contribution < 1.29 is 9.90 Å². The summed E-state index contributed by atoms with van der Waals surface area (Å²) < 4.78 is 0. The van der Waals surface area contributed by atoms with E-state index < -0.39 is 18.1 Å². The summed E-state index contributed by atoms with van der Waals surface area (Å²) in [6.07, 6.45) is 4.47. The van der Waals surface area contributed by atoms with Crippen LogP contribution >= 0.6 is 0 Å². The van der Waals surface area contributed by atoms with Crippen molar-refractivity contribution in [2.45, 2.75) is 37.6 Å². The smallest absolute Gasteiger partial charge is 0.246 e. The van der Waals surface area contributed by atoms with Crippen LogP contribution in [0.1, 0.15) is 32.1 Å². The molecule has 1 amide bonds. The molecule has 0 radical (unpaired) electrons. The number of nitrogens with one attached hydrogen (secondary N) is 1. The number of nitriles is 1. The Morgan fingerprint density at radius 2 is 2.08 bits per heavy atom. The third-order valence-electron chi connectivity index (χ3n) is 2.44. The Hall–Kier alpha value is -1.08. The number of nitrogens with zero attached hydrogens (tertiary/aromatic N) is 1. The van der Waals surface area contributed by atoms with Gasteiger partial charge in [-0.2, -0.15) is 5.26 Å². The molecule has 4 heteroatoms. The zero-order chi connectivity index (χ0) is 9.73. The van der Waals surface area contributed by atoms with Crippen molar-refractivity contribution in [1.82, 2.24) is 5.32 Å². The summed E-state index contributed by atoms with van der Waals surface area (Å²) in [5.74, 6) is -0.455. The standard InChI is InChI=1S/C9H14N2O2/c10-7-9(11-8(13)6-12)4-2-1-3-5-9/h12H,1-6H2,(H,11,13). The van der Waals surface area contributed by atoms with Gasteiger partial charge in [-0.3, -0.25) is 4.79 Å². The predicted molar refractivity (Wildman–Crippen MR) is 46.7 cm³/mol. The van der Waals surface area contributed by atoms with Gasteiger partial charge < -0.3 is 10.4 Å². The molecule has 13 heavy (non-hydrogen) atoms. The normalized spacial score (nSPS) is 20.3. The van der Waals surface area contributed by atoms with E-state index in [1.165, 1.54) is 0 Å². The Kier molecular flexibility index (Phi) is 3.26. The first-order chi connectivity index (χ1) is 6.22. The van der Waals surface area contributed by atoms with Crippen molar-refractivity contribution in [2.24, 2.45) is 0 Å². The largest absolute Gasteiger partial charge is 0.387 e. The lowest BCUT2D eigenvalue weighted by Crippen LogP contribution is -2.49. The van der Waals surface area contributed by atoms with E-state index >= 15 is 0 Å². The first kappa shape index (κ1) is 10.0. The molecule has 4 nitrogen and oxygen atoms in total. The molecule has 1 saturated carbocycles. The quantitative estimate of drug-likeness (QED) is 0.646. The maximum absolute atomic E-state index is 10.9. The number of carbonyl (C=O) groups is 1. The van der Waals surface area contributed by atoms with Gasteiger partial charge in [-0.15, -0.1) is 0 Å².